The zero-order valence-corrected chi connectivity index (χ0v) is 13.9. The summed E-state index contributed by atoms with van der Waals surface area (Å²) in [7, 11) is 1.64. The van der Waals surface area contributed by atoms with E-state index < -0.39 is 0 Å². The molecular weight excluding hydrogens is 308 g/mol. The van der Waals surface area contributed by atoms with Crippen LogP contribution in [0.2, 0.25) is 4.34 Å². The predicted octanol–water partition coefficient (Wildman–Crippen LogP) is 4.11. The molecule has 1 saturated carbocycles. The van der Waals surface area contributed by atoms with E-state index in [0.717, 1.165) is 22.1 Å². The smallest absolute Gasteiger partial charge is 0.315 e. The molecule has 1 aromatic rings. The molecule has 1 aliphatic rings. The summed E-state index contributed by atoms with van der Waals surface area (Å²) in [5.74, 6) is 0. The summed E-state index contributed by atoms with van der Waals surface area (Å²) in [6, 6.07) is 3.99. The van der Waals surface area contributed by atoms with Gasteiger partial charge in [0, 0.05) is 18.0 Å². The van der Waals surface area contributed by atoms with Crippen LogP contribution in [0.4, 0.5) is 4.79 Å². The Morgan fingerprint density at radius 1 is 1.38 bits per heavy atom. The molecule has 118 valence electrons. The van der Waals surface area contributed by atoms with Crippen molar-refractivity contribution >= 4 is 29.0 Å². The highest BCUT2D eigenvalue weighted by molar-refractivity contribution is 7.16. The number of carbonyl (C=O) groups is 1. The van der Waals surface area contributed by atoms with Gasteiger partial charge in [-0.2, -0.15) is 0 Å². The highest BCUT2D eigenvalue weighted by Crippen LogP contribution is 2.28. The maximum atomic E-state index is 12.0. The number of methoxy groups -OCH3 is 1. The molecule has 1 atom stereocenters. The lowest BCUT2D eigenvalue weighted by molar-refractivity contribution is 0.106. The van der Waals surface area contributed by atoms with Gasteiger partial charge in [0.25, 0.3) is 0 Å². The number of amides is 2. The molecule has 0 bridgehead atoms. The molecule has 0 spiro atoms. The topological polar surface area (TPSA) is 50.4 Å². The summed E-state index contributed by atoms with van der Waals surface area (Å²) < 4.78 is 6.15. The molecule has 1 fully saturated rings. The molecule has 2 N–H and O–H groups in total. The van der Waals surface area contributed by atoms with E-state index in [-0.39, 0.29) is 12.1 Å². The van der Waals surface area contributed by atoms with Gasteiger partial charge in [-0.25, -0.2) is 4.79 Å². The summed E-state index contributed by atoms with van der Waals surface area (Å²) in [5.41, 5.74) is 0. The molecule has 2 amide bonds. The molecule has 0 saturated heterocycles. The van der Waals surface area contributed by atoms with Crippen molar-refractivity contribution in [2.24, 2.45) is 0 Å². The normalized spacial score (nSPS) is 18.0. The second-order valence-electron chi connectivity index (χ2n) is 5.41. The quantitative estimate of drug-likeness (QED) is 0.798. The molecular formula is C15H23ClN2O2S. The Labute approximate surface area is 135 Å². The molecule has 6 heteroatoms. The van der Waals surface area contributed by atoms with Crippen LogP contribution in [0.15, 0.2) is 12.1 Å². The predicted molar refractivity (Wildman–Crippen MR) is 87.1 cm³/mol. The Kier molecular flexibility index (Phi) is 6.80. The second kappa shape index (κ2) is 8.61. The number of thiophene rings is 1. The maximum Gasteiger partial charge on any atom is 0.315 e. The van der Waals surface area contributed by atoms with Crippen LogP contribution in [0, 0.1) is 0 Å². The average molecular weight is 331 g/mol. The van der Waals surface area contributed by atoms with E-state index in [1.807, 2.05) is 12.1 Å². The van der Waals surface area contributed by atoms with Crippen molar-refractivity contribution in [3.63, 3.8) is 0 Å². The lowest BCUT2D eigenvalue weighted by Crippen LogP contribution is -2.43. The van der Waals surface area contributed by atoms with Gasteiger partial charge >= 0.3 is 6.03 Å². The van der Waals surface area contributed by atoms with Crippen LogP contribution in [-0.4, -0.2) is 25.7 Å². The number of ether oxygens (including phenoxy) is 1. The molecule has 4 nitrogen and oxygen atoms in total. The lowest BCUT2D eigenvalue weighted by atomic mass is 10.1. The van der Waals surface area contributed by atoms with E-state index >= 15 is 0 Å². The summed E-state index contributed by atoms with van der Waals surface area (Å²) in [6.45, 7) is 0.450. The van der Waals surface area contributed by atoms with E-state index in [1.54, 1.807) is 7.11 Å². The average Bonchev–Trinajstić information content (AvgIpc) is 2.74. The van der Waals surface area contributed by atoms with Crippen LogP contribution in [0.5, 0.6) is 0 Å². The lowest BCUT2D eigenvalue weighted by Gasteiger charge is -2.19. The van der Waals surface area contributed by atoms with Gasteiger partial charge in [0.1, 0.15) is 6.10 Å². The first-order valence-corrected chi connectivity index (χ1v) is 8.71. The van der Waals surface area contributed by atoms with Crippen molar-refractivity contribution in [2.45, 2.75) is 50.7 Å². The van der Waals surface area contributed by atoms with Crippen molar-refractivity contribution in [3.8, 4) is 0 Å². The Balaban J connectivity index is 1.76. The van der Waals surface area contributed by atoms with Gasteiger partial charge in [0.15, 0.2) is 0 Å². The highest BCUT2D eigenvalue weighted by Gasteiger charge is 2.17. The fourth-order valence-corrected chi connectivity index (χ4v) is 3.79. The number of halogens is 1. The monoisotopic (exact) mass is 330 g/mol. The van der Waals surface area contributed by atoms with Crippen LogP contribution in [0.25, 0.3) is 0 Å². The largest absolute Gasteiger partial charge is 0.374 e. The Bertz CT molecular complexity index is 445. The number of urea groups is 1. The first-order chi connectivity index (χ1) is 10.2. The standard InChI is InChI=1S/C15H23ClN2O2S/c1-20-12(13-8-9-14(16)21-13)10-17-15(19)18-11-6-4-2-3-5-7-11/h8-9,11-12H,2-7,10H2,1H3,(H2,17,18,19). The van der Waals surface area contributed by atoms with Gasteiger partial charge in [-0.15, -0.1) is 11.3 Å². The van der Waals surface area contributed by atoms with E-state index in [2.05, 4.69) is 10.6 Å². The minimum absolute atomic E-state index is 0.105. The zero-order valence-electron chi connectivity index (χ0n) is 12.4. The highest BCUT2D eigenvalue weighted by atomic mass is 35.5. The van der Waals surface area contributed by atoms with Gasteiger partial charge < -0.3 is 15.4 Å². The van der Waals surface area contributed by atoms with Crippen LogP contribution in [0.1, 0.15) is 49.5 Å². The molecule has 1 heterocycles. The van der Waals surface area contributed by atoms with E-state index in [9.17, 15) is 4.79 Å². The summed E-state index contributed by atoms with van der Waals surface area (Å²) in [4.78, 5) is 13.0. The first kappa shape index (κ1) is 16.6. The van der Waals surface area contributed by atoms with Crippen LogP contribution >= 0.6 is 22.9 Å². The Morgan fingerprint density at radius 3 is 2.67 bits per heavy atom. The van der Waals surface area contributed by atoms with Crippen molar-refractivity contribution < 1.29 is 9.53 Å². The maximum absolute atomic E-state index is 12.0. The Hall–Kier alpha value is -0.780. The Morgan fingerprint density at radius 2 is 2.10 bits per heavy atom. The fraction of sp³-hybridized carbons (Fsp3) is 0.667. The van der Waals surface area contributed by atoms with Crippen molar-refractivity contribution in [1.29, 1.82) is 0 Å². The van der Waals surface area contributed by atoms with Gasteiger partial charge in [0.2, 0.25) is 0 Å². The zero-order chi connectivity index (χ0) is 15.1. The summed E-state index contributed by atoms with van der Waals surface area (Å²) in [5, 5.41) is 5.96. The van der Waals surface area contributed by atoms with Gasteiger partial charge in [-0.05, 0) is 25.0 Å². The molecule has 2 rings (SSSR count). The number of carbonyl (C=O) groups excluding carboxylic acids is 1. The van der Waals surface area contributed by atoms with Crippen molar-refractivity contribution in [1.82, 2.24) is 10.6 Å². The fourth-order valence-electron chi connectivity index (χ4n) is 2.65. The molecule has 21 heavy (non-hydrogen) atoms. The molecule has 1 aromatic heterocycles. The minimum atomic E-state index is -0.151. The van der Waals surface area contributed by atoms with E-state index in [1.165, 1.54) is 37.0 Å². The van der Waals surface area contributed by atoms with Crippen molar-refractivity contribution in [3.05, 3.63) is 21.3 Å². The molecule has 0 aliphatic heterocycles. The van der Waals surface area contributed by atoms with Crippen molar-refractivity contribution in [2.75, 3.05) is 13.7 Å². The van der Waals surface area contributed by atoms with Gasteiger partial charge in [0.05, 0.1) is 10.9 Å². The SMILES string of the molecule is COC(CNC(=O)NC1CCCCCC1)c1ccc(Cl)s1. The molecule has 1 unspecified atom stereocenters. The van der Waals surface area contributed by atoms with Gasteiger partial charge in [-0.1, -0.05) is 37.3 Å². The summed E-state index contributed by atoms with van der Waals surface area (Å²) >= 11 is 7.41. The molecule has 0 aromatic carbocycles. The number of rotatable bonds is 5. The number of nitrogens with one attached hydrogen (secondary N) is 2. The van der Waals surface area contributed by atoms with Gasteiger partial charge in [-0.3, -0.25) is 0 Å². The third-order valence-electron chi connectivity index (χ3n) is 3.83. The third-order valence-corrected chi connectivity index (χ3v) is 5.16. The van der Waals surface area contributed by atoms with Crippen LogP contribution < -0.4 is 10.6 Å². The number of hydrogen-bond acceptors (Lipinski definition) is 3. The summed E-state index contributed by atoms with van der Waals surface area (Å²) in [6.07, 6.45) is 7.00. The number of hydrogen-bond donors (Lipinski definition) is 2. The van der Waals surface area contributed by atoms with E-state index in [0.29, 0.717) is 12.6 Å². The third kappa shape index (κ3) is 5.49. The first-order valence-electron chi connectivity index (χ1n) is 7.51. The van der Waals surface area contributed by atoms with Crippen LogP contribution in [0.3, 0.4) is 0 Å². The molecule has 1 aliphatic carbocycles. The second-order valence-corrected chi connectivity index (χ2v) is 7.16. The minimum Gasteiger partial charge on any atom is -0.374 e. The molecule has 0 radical (unpaired) electrons. The van der Waals surface area contributed by atoms with Crippen LogP contribution in [-0.2, 0) is 4.74 Å². The van der Waals surface area contributed by atoms with E-state index in [4.69, 9.17) is 16.3 Å².